The van der Waals surface area contributed by atoms with Crippen LogP contribution in [0.5, 0.6) is 5.75 Å². The van der Waals surface area contributed by atoms with E-state index in [-0.39, 0.29) is 23.3 Å². The van der Waals surface area contributed by atoms with Gasteiger partial charge in [0.05, 0.1) is 12.4 Å². The Morgan fingerprint density at radius 2 is 2.29 bits per heavy atom. The predicted molar refractivity (Wildman–Crippen MR) is 55.5 cm³/mol. The summed E-state index contributed by atoms with van der Waals surface area (Å²) in [6.07, 6.45) is 0.0916. The maximum absolute atomic E-state index is 13.5. The van der Waals surface area contributed by atoms with Gasteiger partial charge >= 0.3 is 0 Å². The molecule has 1 aromatic rings. The summed E-state index contributed by atoms with van der Waals surface area (Å²) in [6.45, 7) is 0. The highest BCUT2D eigenvalue weighted by Crippen LogP contribution is 2.20. The van der Waals surface area contributed by atoms with Crippen LogP contribution in [0.4, 0.5) is 4.39 Å². The van der Waals surface area contributed by atoms with Gasteiger partial charge in [0.2, 0.25) is 0 Å². The molecule has 2 nitrogen and oxygen atoms in total. The largest absolute Gasteiger partial charge is 0.494 e. The number of Topliss-reactive ketones (excluding diaryl/α,β-unsaturated/α-hetero) is 1. The number of ether oxygens (including phenoxy) is 1. The van der Waals surface area contributed by atoms with Gasteiger partial charge in [-0.3, -0.25) is 4.79 Å². The average Bonchev–Trinajstić information content (AvgIpc) is 2.21. The Balaban J connectivity index is 2.92. The third-order valence-corrected chi connectivity index (χ3v) is 2.43. The van der Waals surface area contributed by atoms with Gasteiger partial charge in [-0.25, -0.2) is 4.39 Å². The zero-order valence-electron chi connectivity index (χ0n) is 7.72. The van der Waals surface area contributed by atoms with Crippen LogP contribution in [0.3, 0.4) is 0 Å². The number of ketones is 1. The summed E-state index contributed by atoms with van der Waals surface area (Å²) in [5, 5.41) is 0.240. The normalized spacial score (nSPS) is 9.93. The molecule has 0 aliphatic carbocycles. The molecule has 14 heavy (non-hydrogen) atoms. The molecule has 0 radical (unpaired) electrons. The van der Waals surface area contributed by atoms with E-state index in [1.165, 1.54) is 13.2 Å². The summed E-state index contributed by atoms with van der Waals surface area (Å²) in [6, 6.07) is 4.77. The molecule has 76 valence electrons. The lowest BCUT2D eigenvalue weighted by molar-refractivity contribution is -0.115. The lowest BCUT2D eigenvalue weighted by Crippen LogP contribution is -2.05. The highest BCUT2D eigenvalue weighted by Gasteiger charge is 2.10. The molecule has 0 bridgehead atoms. The van der Waals surface area contributed by atoms with Gasteiger partial charge in [-0.15, -0.1) is 0 Å². The molecule has 4 heteroatoms. The van der Waals surface area contributed by atoms with E-state index in [0.29, 0.717) is 5.56 Å². The minimum Gasteiger partial charge on any atom is -0.494 e. The second-order valence-electron chi connectivity index (χ2n) is 2.78. The molecule has 0 aliphatic rings. The maximum atomic E-state index is 13.5. The Bertz CT molecular complexity index is 339. The van der Waals surface area contributed by atoms with Crippen molar-refractivity contribution in [1.82, 2.24) is 0 Å². The van der Waals surface area contributed by atoms with Gasteiger partial charge < -0.3 is 4.74 Å². The molecule has 0 spiro atoms. The van der Waals surface area contributed by atoms with Gasteiger partial charge in [-0.1, -0.05) is 28.1 Å². The van der Waals surface area contributed by atoms with Crippen LogP contribution in [0, 0.1) is 5.82 Å². The van der Waals surface area contributed by atoms with Crippen LogP contribution < -0.4 is 4.74 Å². The first kappa shape index (κ1) is 11.2. The van der Waals surface area contributed by atoms with E-state index in [2.05, 4.69) is 15.9 Å². The first-order valence-corrected chi connectivity index (χ1v) is 5.20. The van der Waals surface area contributed by atoms with Crippen molar-refractivity contribution < 1.29 is 13.9 Å². The standard InChI is InChI=1S/C10H10BrFO2/c1-14-9-4-2-3-7(10(9)12)5-8(13)6-11/h2-4H,5-6H2,1H3. The summed E-state index contributed by atoms with van der Waals surface area (Å²) in [5.74, 6) is -0.341. The van der Waals surface area contributed by atoms with Crippen LogP contribution in [0.2, 0.25) is 0 Å². The Morgan fingerprint density at radius 3 is 2.86 bits per heavy atom. The molecule has 0 aromatic heterocycles. The monoisotopic (exact) mass is 260 g/mol. The molecule has 0 saturated carbocycles. The summed E-state index contributed by atoms with van der Waals surface area (Å²) in [4.78, 5) is 11.1. The highest BCUT2D eigenvalue weighted by atomic mass is 79.9. The number of carbonyl (C=O) groups excluding carboxylic acids is 1. The van der Waals surface area contributed by atoms with Crippen LogP contribution in [0.1, 0.15) is 5.56 Å². The third kappa shape index (κ3) is 2.54. The zero-order valence-corrected chi connectivity index (χ0v) is 9.30. The maximum Gasteiger partial charge on any atom is 0.168 e. The molecular formula is C10H10BrFO2. The van der Waals surface area contributed by atoms with E-state index in [1.807, 2.05) is 0 Å². The van der Waals surface area contributed by atoms with Crippen LogP contribution in [0.25, 0.3) is 0 Å². The van der Waals surface area contributed by atoms with Gasteiger partial charge in [0.15, 0.2) is 11.6 Å². The lowest BCUT2D eigenvalue weighted by Gasteiger charge is -2.05. The Hall–Kier alpha value is -0.900. The van der Waals surface area contributed by atoms with Gasteiger partial charge in [-0.2, -0.15) is 0 Å². The van der Waals surface area contributed by atoms with Crippen LogP contribution >= 0.6 is 15.9 Å². The summed E-state index contributed by atoms with van der Waals surface area (Å²) < 4.78 is 18.3. The Kier molecular flexibility index (Phi) is 4.07. The highest BCUT2D eigenvalue weighted by molar-refractivity contribution is 9.09. The summed E-state index contributed by atoms with van der Waals surface area (Å²) in [5.41, 5.74) is 0.369. The molecule has 0 N–H and O–H groups in total. The molecule has 0 unspecified atom stereocenters. The van der Waals surface area contributed by atoms with Crippen LogP contribution in [-0.2, 0) is 11.2 Å². The molecule has 1 aromatic carbocycles. The van der Waals surface area contributed by atoms with Gasteiger partial charge in [-0.05, 0) is 11.6 Å². The SMILES string of the molecule is COc1cccc(CC(=O)CBr)c1F. The van der Waals surface area contributed by atoms with Crippen molar-refractivity contribution in [3.63, 3.8) is 0 Å². The fraction of sp³-hybridized carbons (Fsp3) is 0.300. The van der Waals surface area contributed by atoms with Crippen molar-refractivity contribution in [2.75, 3.05) is 12.4 Å². The van der Waals surface area contributed by atoms with Crippen LogP contribution in [-0.4, -0.2) is 18.2 Å². The lowest BCUT2D eigenvalue weighted by atomic mass is 10.1. The molecule has 0 saturated heterocycles. The number of carbonyl (C=O) groups is 1. The number of rotatable bonds is 4. The van der Waals surface area contributed by atoms with Crippen molar-refractivity contribution in [2.45, 2.75) is 6.42 Å². The molecular weight excluding hydrogens is 251 g/mol. The van der Waals surface area contributed by atoms with Gasteiger partial charge in [0.25, 0.3) is 0 Å². The number of benzene rings is 1. The van der Waals surface area contributed by atoms with E-state index in [0.717, 1.165) is 0 Å². The minimum absolute atomic E-state index is 0.0582. The zero-order chi connectivity index (χ0) is 10.6. The van der Waals surface area contributed by atoms with Gasteiger partial charge in [0, 0.05) is 6.42 Å². The van der Waals surface area contributed by atoms with Crippen molar-refractivity contribution >= 4 is 21.7 Å². The number of alkyl halides is 1. The van der Waals surface area contributed by atoms with E-state index in [1.54, 1.807) is 12.1 Å². The van der Waals surface area contributed by atoms with E-state index in [9.17, 15) is 9.18 Å². The minimum atomic E-state index is -0.454. The van der Waals surface area contributed by atoms with E-state index < -0.39 is 5.82 Å². The number of hydrogen-bond donors (Lipinski definition) is 0. The summed E-state index contributed by atoms with van der Waals surface area (Å²) >= 11 is 3.03. The molecule has 0 fully saturated rings. The van der Waals surface area contributed by atoms with Crippen molar-refractivity contribution in [1.29, 1.82) is 0 Å². The average molecular weight is 261 g/mol. The predicted octanol–water partition coefficient (Wildman–Crippen LogP) is 2.34. The van der Waals surface area contributed by atoms with Gasteiger partial charge in [0.1, 0.15) is 5.78 Å². The van der Waals surface area contributed by atoms with Crippen molar-refractivity contribution in [3.8, 4) is 5.75 Å². The summed E-state index contributed by atoms with van der Waals surface area (Å²) in [7, 11) is 1.40. The molecule has 1 rings (SSSR count). The fourth-order valence-electron chi connectivity index (χ4n) is 1.11. The fourth-order valence-corrected chi connectivity index (χ4v) is 1.31. The second-order valence-corrected chi connectivity index (χ2v) is 3.34. The molecule has 0 aliphatic heterocycles. The van der Waals surface area contributed by atoms with E-state index in [4.69, 9.17) is 4.74 Å². The van der Waals surface area contributed by atoms with Crippen LogP contribution in [0.15, 0.2) is 18.2 Å². The quantitative estimate of drug-likeness (QED) is 0.777. The Labute approximate surface area is 90.2 Å². The third-order valence-electron chi connectivity index (χ3n) is 1.80. The smallest absolute Gasteiger partial charge is 0.168 e. The number of halogens is 2. The van der Waals surface area contributed by atoms with Crippen molar-refractivity contribution in [2.24, 2.45) is 0 Å². The Morgan fingerprint density at radius 1 is 1.57 bits per heavy atom. The van der Waals surface area contributed by atoms with Crippen molar-refractivity contribution in [3.05, 3.63) is 29.6 Å². The molecule has 0 heterocycles. The first-order chi connectivity index (χ1) is 6.69. The first-order valence-electron chi connectivity index (χ1n) is 4.08. The van der Waals surface area contributed by atoms with E-state index >= 15 is 0 Å². The second kappa shape index (κ2) is 5.10. The molecule has 0 amide bonds. The topological polar surface area (TPSA) is 26.3 Å². The number of methoxy groups -OCH3 is 1. The number of hydrogen-bond acceptors (Lipinski definition) is 2. The molecule has 0 atom stereocenters.